The van der Waals surface area contributed by atoms with Crippen LogP contribution in [0.4, 0.5) is 0 Å². The summed E-state index contributed by atoms with van der Waals surface area (Å²) in [7, 11) is 0. The van der Waals surface area contributed by atoms with Crippen LogP contribution in [0.5, 0.6) is 0 Å². The van der Waals surface area contributed by atoms with E-state index in [4.69, 9.17) is 4.74 Å². The standard InChI is InChI=1S/C21H23N3O2/c25-21(26-12-11-17-7-3-1-4-8-17)20(13-19-15-22-16-24-19)23-14-18-9-5-2-6-10-18/h1-10,15-16,20,23H,11-14H2,(H,22,24)/t20-/m0/s1. The molecular formula is C21H23N3O2. The minimum atomic E-state index is -0.425. The molecule has 1 heterocycles. The Hall–Kier alpha value is -2.92. The molecule has 1 atom stereocenters. The van der Waals surface area contributed by atoms with Gasteiger partial charge >= 0.3 is 5.97 Å². The lowest BCUT2D eigenvalue weighted by molar-refractivity contribution is -0.146. The second-order valence-corrected chi connectivity index (χ2v) is 6.10. The molecule has 0 aliphatic heterocycles. The number of carbonyl (C=O) groups excluding carboxylic acids is 1. The molecule has 5 heteroatoms. The Labute approximate surface area is 153 Å². The Morgan fingerprint density at radius 2 is 1.73 bits per heavy atom. The summed E-state index contributed by atoms with van der Waals surface area (Å²) in [4.78, 5) is 19.6. The first-order valence-electron chi connectivity index (χ1n) is 8.76. The zero-order valence-electron chi connectivity index (χ0n) is 14.6. The summed E-state index contributed by atoms with van der Waals surface area (Å²) in [5.74, 6) is -0.244. The maximum absolute atomic E-state index is 12.6. The summed E-state index contributed by atoms with van der Waals surface area (Å²) in [6, 6.07) is 19.6. The van der Waals surface area contributed by atoms with Crippen molar-refractivity contribution in [2.45, 2.75) is 25.4 Å². The number of hydrogen-bond donors (Lipinski definition) is 2. The van der Waals surface area contributed by atoms with Crippen molar-refractivity contribution < 1.29 is 9.53 Å². The molecule has 0 unspecified atom stereocenters. The highest BCUT2D eigenvalue weighted by Gasteiger charge is 2.20. The molecule has 0 saturated heterocycles. The van der Waals surface area contributed by atoms with Gasteiger partial charge in [0.1, 0.15) is 6.04 Å². The number of nitrogens with zero attached hydrogens (tertiary/aromatic N) is 1. The van der Waals surface area contributed by atoms with Gasteiger partial charge in [-0.05, 0) is 11.1 Å². The Morgan fingerprint density at radius 3 is 2.38 bits per heavy atom. The van der Waals surface area contributed by atoms with Crippen molar-refractivity contribution >= 4 is 5.97 Å². The van der Waals surface area contributed by atoms with Crippen LogP contribution in [0, 0.1) is 0 Å². The van der Waals surface area contributed by atoms with E-state index in [-0.39, 0.29) is 5.97 Å². The first kappa shape index (κ1) is 17.9. The molecule has 0 radical (unpaired) electrons. The van der Waals surface area contributed by atoms with Crippen molar-refractivity contribution in [3.8, 4) is 0 Å². The molecule has 134 valence electrons. The van der Waals surface area contributed by atoms with Crippen molar-refractivity contribution in [1.29, 1.82) is 0 Å². The van der Waals surface area contributed by atoms with E-state index in [0.29, 0.717) is 26.0 Å². The number of nitrogens with one attached hydrogen (secondary N) is 2. The van der Waals surface area contributed by atoms with Gasteiger partial charge in [0.15, 0.2) is 0 Å². The fraction of sp³-hybridized carbons (Fsp3) is 0.238. The molecule has 0 bridgehead atoms. The fourth-order valence-electron chi connectivity index (χ4n) is 2.71. The van der Waals surface area contributed by atoms with Gasteiger partial charge in [0.25, 0.3) is 0 Å². The number of aromatic nitrogens is 2. The average Bonchev–Trinajstić information content (AvgIpc) is 3.20. The van der Waals surface area contributed by atoms with E-state index in [1.165, 1.54) is 0 Å². The van der Waals surface area contributed by atoms with Gasteiger partial charge in [0.2, 0.25) is 0 Å². The number of imidazole rings is 1. The first-order chi connectivity index (χ1) is 12.8. The number of benzene rings is 2. The van der Waals surface area contributed by atoms with E-state index in [2.05, 4.69) is 15.3 Å². The predicted octanol–water partition coefficient (Wildman–Crippen LogP) is 2.90. The summed E-state index contributed by atoms with van der Waals surface area (Å²) >= 11 is 0. The number of ether oxygens (including phenoxy) is 1. The maximum Gasteiger partial charge on any atom is 0.323 e. The molecule has 0 amide bonds. The second-order valence-electron chi connectivity index (χ2n) is 6.10. The average molecular weight is 349 g/mol. The molecule has 3 rings (SSSR count). The summed E-state index contributed by atoms with van der Waals surface area (Å²) in [6.45, 7) is 0.975. The summed E-state index contributed by atoms with van der Waals surface area (Å²) in [5, 5.41) is 3.30. The van der Waals surface area contributed by atoms with Crippen LogP contribution in [-0.2, 0) is 28.9 Å². The molecule has 3 aromatic rings. The van der Waals surface area contributed by atoms with Gasteiger partial charge in [0, 0.05) is 31.3 Å². The van der Waals surface area contributed by atoms with Crippen LogP contribution in [0.15, 0.2) is 73.2 Å². The monoisotopic (exact) mass is 349 g/mol. The van der Waals surface area contributed by atoms with Gasteiger partial charge < -0.3 is 9.72 Å². The predicted molar refractivity (Wildman–Crippen MR) is 100 cm³/mol. The van der Waals surface area contributed by atoms with Gasteiger partial charge in [-0.3, -0.25) is 10.1 Å². The third kappa shape index (κ3) is 5.57. The van der Waals surface area contributed by atoms with E-state index >= 15 is 0 Å². The SMILES string of the molecule is O=C(OCCc1ccccc1)[C@H](Cc1cnc[nH]1)NCc1ccccc1. The minimum Gasteiger partial charge on any atom is -0.464 e. The third-order valence-electron chi connectivity index (χ3n) is 4.14. The number of H-pyrrole nitrogens is 1. The minimum absolute atomic E-state index is 0.244. The molecule has 2 aromatic carbocycles. The van der Waals surface area contributed by atoms with E-state index in [9.17, 15) is 4.79 Å². The third-order valence-corrected chi connectivity index (χ3v) is 4.14. The summed E-state index contributed by atoms with van der Waals surface area (Å²) < 4.78 is 5.51. The van der Waals surface area contributed by atoms with Crippen LogP contribution in [0.1, 0.15) is 16.8 Å². The molecule has 1 aromatic heterocycles. The second kappa shape index (κ2) is 9.53. The molecule has 0 aliphatic rings. The molecule has 2 N–H and O–H groups in total. The molecular weight excluding hydrogens is 326 g/mol. The summed E-state index contributed by atoms with van der Waals surface area (Å²) in [5.41, 5.74) is 3.18. The van der Waals surface area contributed by atoms with Gasteiger partial charge in [-0.25, -0.2) is 4.98 Å². The Kier molecular flexibility index (Phi) is 6.56. The maximum atomic E-state index is 12.6. The molecule has 0 fully saturated rings. The highest BCUT2D eigenvalue weighted by Crippen LogP contribution is 2.05. The lowest BCUT2D eigenvalue weighted by Gasteiger charge is -2.17. The van der Waals surface area contributed by atoms with Crippen LogP contribution in [0.25, 0.3) is 0 Å². The number of hydrogen-bond acceptors (Lipinski definition) is 4. The number of carbonyl (C=O) groups is 1. The van der Waals surface area contributed by atoms with Crippen LogP contribution in [-0.4, -0.2) is 28.6 Å². The van der Waals surface area contributed by atoms with Gasteiger partial charge in [-0.1, -0.05) is 60.7 Å². The van der Waals surface area contributed by atoms with E-state index in [1.54, 1.807) is 12.5 Å². The van der Waals surface area contributed by atoms with E-state index in [1.807, 2.05) is 60.7 Å². The molecule has 0 spiro atoms. The van der Waals surface area contributed by atoms with E-state index < -0.39 is 6.04 Å². The van der Waals surface area contributed by atoms with Crippen molar-refractivity contribution in [2.24, 2.45) is 0 Å². The zero-order valence-corrected chi connectivity index (χ0v) is 14.6. The zero-order chi connectivity index (χ0) is 18.0. The normalized spacial score (nSPS) is 11.8. The van der Waals surface area contributed by atoms with Crippen LogP contribution in [0.2, 0.25) is 0 Å². The van der Waals surface area contributed by atoms with Crippen molar-refractivity contribution in [1.82, 2.24) is 15.3 Å². The molecule has 26 heavy (non-hydrogen) atoms. The van der Waals surface area contributed by atoms with Gasteiger partial charge in [0.05, 0.1) is 12.9 Å². The number of esters is 1. The topological polar surface area (TPSA) is 67.0 Å². The smallest absolute Gasteiger partial charge is 0.323 e. The van der Waals surface area contributed by atoms with Gasteiger partial charge in [-0.15, -0.1) is 0 Å². The largest absolute Gasteiger partial charge is 0.464 e. The molecule has 5 nitrogen and oxygen atoms in total. The fourth-order valence-corrected chi connectivity index (χ4v) is 2.71. The van der Waals surface area contributed by atoms with Crippen LogP contribution >= 0.6 is 0 Å². The Bertz CT molecular complexity index is 774. The highest BCUT2D eigenvalue weighted by atomic mass is 16.5. The Morgan fingerprint density at radius 1 is 1.04 bits per heavy atom. The number of rotatable bonds is 9. The van der Waals surface area contributed by atoms with Crippen LogP contribution in [0.3, 0.4) is 0 Å². The molecule has 0 aliphatic carbocycles. The Balaban J connectivity index is 1.55. The highest BCUT2D eigenvalue weighted by molar-refractivity contribution is 5.76. The van der Waals surface area contributed by atoms with Crippen molar-refractivity contribution in [2.75, 3.05) is 6.61 Å². The lowest BCUT2D eigenvalue weighted by Crippen LogP contribution is -2.39. The lowest BCUT2D eigenvalue weighted by atomic mass is 10.1. The summed E-state index contributed by atoms with van der Waals surface area (Å²) in [6.07, 6.45) is 4.57. The molecule has 0 saturated carbocycles. The first-order valence-corrected chi connectivity index (χ1v) is 8.76. The number of aromatic amines is 1. The van der Waals surface area contributed by atoms with Crippen LogP contribution < -0.4 is 5.32 Å². The van der Waals surface area contributed by atoms with Crippen molar-refractivity contribution in [3.05, 3.63) is 90.0 Å². The quantitative estimate of drug-likeness (QED) is 0.583. The van der Waals surface area contributed by atoms with Gasteiger partial charge in [-0.2, -0.15) is 0 Å². The van der Waals surface area contributed by atoms with Crippen molar-refractivity contribution in [3.63, 3.8) is 0 Å². The van der Waals surface area contributed by atoms with E-state index in [0.717, 1.165) is 16.8 Å².